The third-order valence-corrected chi connectivity index (χ3v) is 6.67. The molecule has 1 aliphatic carbocycles. The number of carbonyl (C=O) groups is 2. The van der Waals surface area contributed by atoms with Crippen LogP contribution >= 0.6 is 11.6 Å². The van der Waals surface area contributed by atoms with E-state index in [0.29, 0.717) is 6.42 Å². The molecule has 5 atom stereocenters. The molecule has 1 amide bonds. The van der Waals surface area contributed by atoms with Crippen LogP contribution in [0, 0.1) is 5.92 Å². The minimum Gasteiger partial charge on any atom is -0.390 e. The van der Waals surface area contributed by atoms with Crippen molar-refractivity contribution < 1.29 is 29.6 Å². The molecule has 1 rings (SSSR count). The van der Waals surface area contributed by atoms with Crippen molar-refractivity contribution in [1.82, 2.24) is 5.32 Å². The van der Waals surface area contributed by atoms with E-state index in [2.05, 4.69) is 12.2 Å². The van der Waals surface area contributed by atoms with Gasteiger partial charge in [-0.25, -0.2) is 0 Å². The highest BCUT2D eigenvalue weighted by molar-refractivity contribution is 6.26. The molecule has 1 aliphatic rings. The monoisotopic (exact) mass is 487 g/mol. The van der Waals surface area contributed by atoms with E-state index in [1.807, 2.05) is 12.2 Å². The third-order valence-electron chi connectivity index (χ3n) is 6.39. The molecule has 1 saturated carbocycles. The number of carbonyl (C=O) groups excluding carboxylic acids is 2. The fourth-order valence-corrected chi connectivity index (χ4v) is 4.38. The predicted molar refractivity (Wildman–Crippen MR) is 130 cm³/mol. The number of hydrogen-bond donors (Lipinski definition) is 4. The van der Waals surface area contributed by atoms with Gasteiger partial charge >= 0.3 is 0 Å². The number of aliphatic hydroxyl groups is 3. The maximum Gasteiger partial charge on any atom is 0.220 e. The van der Waals surface area contributed by atoms with Crippen LogP contribution in [0.5, 0.6) is 0 Å². The van der Waals surface area contributed by atoms with Crippen LogP contribution in [0.3, 0.4) is 0 Å². The Bertz CT molecular complexity index is 663. The van der Waals surface area contributed by atoms with Crippen LogP contribution in [0.25, 0.3) is 0 Å². The first-order valence-electron chi connectivity index (χ1n) is 12.0. The Kier molecular flexibility index (Phi) is 14.1. The highest BCUT2D eigenvalue weighted by Crippen LogP contribution is 2.36. The highest BCUT2D eigenvalue weighted by Gasteiger charge is 2.51. The van der Waals surface area contributed by atoms with Crippen LogP contribution in [0.1, 0.15) is 78.1 Å². The Morgan fingerprint density at radius 2 is 1.97 bits per heavy atom. The van der Waals surface area contributed by atoms with Crippen LogP contribution < -0.4 is 5.32 Å². The van der Waals surface area contributed by atoms with E-state index in [1.165, 1.54) is 32.6 Å². The summed E-state index contributed by atoms with van der Waals surface area (Å²) in [6.45, 7) is 3.48. The molecule has 0 aromatic heterocycles. The van der Waals surface area contributed by atoms with Crippen molar-refractivity contribution in [2.24, 2.45) is 5.92 Å². The first-order chi connectivity index (χ1) is 15.7. The number of amides is 1. The maximum absolute atomic E-state index is 12.4. The summed E-state index contributed by atoms with van der Waals surface area (Å²) in [7, 11) is 1.73. The van der Waals surface area contributed by atoms with E-state index < -0.39 is 29.5 Å². The first-order valence-corrected chi connectivity index (χ1v) is 12.5. The summed E-state index contributed by atoms with van der Waals surface area (Å²) in [6.07, 6.45) is 10.1. The van der Waals surface area contributed by atoms with Gasteiger partial charge in [0.05, 0.1) is 18.1 Å². The second-order valence-electron chi connectivity index (χ2n) is 9.10. The second-order valence-corrected chi connectivity index (χ2v) is 9.31. The molecule has 190 valence electrons. The van der Waals surface area contributed by atoms with Crippen LogP contribution in [0.15, 0.2) is 23.3 Å². The zero-order valence-corrected chi connectivity index (χ0v) is 21.0. The normalized spacial score (nSPS) is 27.2. The number of aliphatic hydroxyl groups excluding tert-OH is 2. The molecule has 1 fully saturated rings. The van der Waals surface area contributed by atoms with Gasteiger partial charge in [-0.05, 0) is 31.8 Å². The van der Waals surface area contributed by atoms with Crippen molar-refractivity contribution in [1.29, 1.82) is 0 Å². The molecule has 5 unspecified atom stereocenters. The van der Waals surface area contributed by atoms with Gasteiger partial charge in [0.2, 0.25) is 5.91 Å². The number of unbranched alkanes of at least 4 members (excludes halogenated alkanes) is 4. The van der Waals surface area contributed by atoms with Crippen molar-refractivity contribution in [2.45, 2.75) is 102 Å². The van der Waals surface area contributed by atoms with Gasteiger partial charge in [-0.3, -0.25) is 9.59 Å². The van der Waals surface area contributed by atoms with Gasteiger partial charge in [0.15, 0.2) is 5.78 Å². The minimum atomic E-state index is -1.78. The third kappa shape index (κ3) is 9.87. The molecule has 7 nitrogen and oxygen atoms in total. The molecular formula is C25H42ClNO6. The van der Waals surface area contributed by atoms with Crippen LogP contribution in [-0.2, 0) is 14.3 Å². The minimum absolute atomic E-state index is 0.0537. The van der Waals surface area contributed by atoms with Crippen LogP contribution in [-0.4, -0.2) is 64.6 Å². The molecule has 0 aliphatic heterocycles. The Morgan fingerprint density at radius 3 is 2.61 bits per heavy atom. The molecule has 8 heteroatoms. The van der Waals surface area contributed by atoms with Gasteiger partial charge < -0.3 is 25.4 Å². The number of rotatable bonds is 15. The van der Waals surface area contributed by atoms with Crippen molar-refractivity contribution in [3.05, 3.63) is 23.3 Å². The SMILES string of the molecule is CCCCCCCC(CC=CCCC(=O)NCC(=CCl)C1C(=O)C(O)CC(O)C1(C)O)OC. The Morgan fingerprint density at radius 1 is 1.27 bits per heavy atom. The molecular weight excluding hydrogens is 446 g/mol. The lowest BCUT2D eigenvalue weighted by Gasteiger charge is -2.42. The zero-order valence-electron chi connectivity index (χ0n) is 20.3. The van der Waals surface area contributed by atoms with Crippen molar-refractivity contribution >= 4 is 23.3 Å². The molecule has 0 saturated heterocycles. The smallest absolute Gasteiger partial charge is 0.220 e. The van der Waals surface area contributed by atoms with E-state index in [9.17, 15) is 24.9 Å². The number of halogens is 1. The molecule has 0 aromatic rings. The van der Waals surface area contributed by atoms with Gasteiger partial charge in [-0.15, -0.1) is 0 Å². The summed E-state index contributed by atoms with van der Waals surface area (Å²) in [5, 5.41) is 33.3. The summed E-state index contributed by atoms with van der Waals surface area (Å²) in [6, 6.07) is 0. The number of Topliss-reactive ketones (excluding diaryl/α,β-unsaturated/α-hetero) is 1. The number of nitrogens with one attached hydrogen (secondary N) is 1. The standard InChI is InChI=1S/C25H42ClNO6/c1-4-5-6-7-9-12-19(33-3)13-10-8-11-14-22(30)27-17-18(16-26)23-24(31)20(28)15-21(29)25(23,2)32/h8,10,16,19-21,23,28-29,32H,4-7,9,11-15,17H2,1-3H3,(H,27,30). The van der Waals surface area contributed by atoms with Crippen molar-refractivity contribution in [2.75, 3.05) is 13.7 Å². The van der Waals surface area contributed by atoms with Gasteiger partial charge in [0.25, 0.3) is 0 Å². The van der Waals surface area contributed by atoms with Crippen LogP contribution in [0.4, 0.5) is 0 Å². The average Bonchev–Trinajstić information content (AvgIpc) is 2.78. The lowest BCUT2D eigenvalue weighted by Crippen LogP contribution is -2.59. The average molecular weight is 488 g/mol. The second kappa shape index (κ2) is 15.6. The largest absolute Gasteiger partial charge is 0.390 e. The fraction of sp³-hybridized carbons (Fsp3) is 0.760. The van der Waals surface area contributed by atoms with E-state index in [0.717, 1.165) is 24.8 Å². The van der Waals surface area contributed by atoms with Gasteiger partial charge in [0, 0.05) is 32.0 Å². The predicted octanol–water partition coefficient (Wildman–Crippen LogP) is 3.39. The summed E-state index contributed by atoms with van der Waals surface area (Å²) in [5.41, 5.74) is -0.414. The Balaban J connectivity index is 2.41. The van der Waals surface area contributed by atoms with Gasteiger partial charge in [0.1, 0.15) is 11.7 Å². The number of hydrogen-bond acceptors (Lipinski definition) is 6. The maximum atomic E-state index is 12.4. The molecule has 0 heterocycles. The van der Waals surface area contributed by atoms with Crippen molar-refractivity contribution in [3.63, 3.8) is 0 Å². The summed E-state index contributed by atoms with van der Waals surface area (Å²) in [4.78, 5) is 24.6. The zero-order chi connectivity index (χ0) is 24.9. The Hall–Kier alpha value is -1.25. The summed E-state index contributed by atoms with van der Waals surface area (Å²) in [5.74, 6) is -2.03. The first kappa shape index (κ1) is 29.8. The highest BCUT2D eigenvalue weighted by atomic mass is 35.5. The molecule has 0 radical (unpaired) electrons. The lowest BCUT2D eigenvalue weighted by atomic mass is 9.69. The lowest BCUT2D eigenvalue weighted by molar-refractivity contribution is -0.166. The van der Waals surface area contributed by atoms with E-state index in [-0.39, 0.29) is 37.0 Å². The number of ether oxygens (including phenoxy) is 1. The molecule has 0 aromatic carbocycles. The summed E-state index contributed by atoms with van der Waals surface area (Å²) >= 11 is 5.86. The number of methoxy groups -OCH3 is 1. The molecule has 0 bridgehead atoms. The van der Waals surface area contributed by atoms with Gasteiger partial charge in [-0.2, -0.15) is 0 Å². The Labute approximate surface area is 203 Å². The summed E-state index contributed by atoms with van der Waals surface area (Å²) < 4.78 is 5.53. The van der Waals surface area contributed by atoms with Gasteiger partial charge in [-0.1, -0.05) is 62.8 Å². The fourth-order valence-electron chi connectivity index (χ4n) is 4.18. The molecule has 33 heavy (non-hydrogen) atoms. The van der Waals surface area contributed by atoms with Crippen LogP contribution in [0.2, 0.25) is 0 Å². The number of allylic oxidation sites excluding steroid dienone is 1. The van der Waals surface area contributed by atoms with Crippen molar-refractivity contribution in [3.8, 4) is 0 Å². The van der Waals surface area contributed by atoms with E-state index in [1.54, 1.807) is 7.11 Å². The van der Waals surface area contributed by atoms with E-state index >= 15 is 0 Å². The quantitative estimate of drug-likeness (QED) is 0.208. The molecule has 0 spiro atoms. The number of ketones is 1. The molecule has 4 N–H and O–H groups in total. The van der Waals surface area contributed by atoms with E-state index in [4.69, 9.17) is 16.3 Å². The topological polar surface area (TPSA) is 116 Å².